The molecule has 15 heavy (non-hydrogen) atoms. The van der Waals surface area contributed by atoms with Crippen molar-refractivity contribution in [3.05, 3.63) is 17.7 Å². The van der Waals surface area contributed by atoms with Crippen molar-refractivity contribution in [2.45, 2.75) is 51.6 Å². The SMILES string of the molecule is CCC(Cn1cnc2c1CCCC2)NC. The fourth-order valence-corrected chi connectivity index (χ4v) is 2.35. The summed E-state index contributed by atoms with van der Waals surface area (Å²) in [7, 11) is 2.04. The highest BCUT2D eigenvalue weighted by Gasteiger charge is 2.16. The molecule has 1 unspecified atom stereocenters. The smallest absolute Gasteiger partial charge is 0.0952 e. The third kappa shape index (κ3) is 2.23. The summed E-state index contributed by atoms with van der Waals surface area (Å²) in [5.74, 6) is 0. The van der Waals surface area contributed by atoms with Gasteiger partial charge in [0, 0.05) is 18.3 Å². The van der Waals surface area contributed by atoms with Crippen LogP contribution in [0.1, 0.15) is 37.6 Å². The first-order valence-electron chi connectivity index (χ1n) is 6.05. The van der Waals surface area contributed by atoms with Crippen LogP contribution in [0.3, 0.4) is 0 Å². The lowest BCUT2D eigenvalue weighted by molar-refractivity contribution is 0.456. The van der Waals surface area contributed by atoms with Crippen LogP contribution in [0.25, 0.3) is 0 Å². The van der Waals surface area contributed by atoms with Crippen LogP contribution in [0.15, 0.2) is 6.33 Å². The van der Waals surface area contributed by atoms with Gasteiger partial charge in [-0.1, -0.05) is 6.92 Å². The molecule has 3 heteroatoms. The van der Waals surface area contributed by atoms with Crippen LogP contribution >= 0.6 is 0 Å². The second-order valence-corrected chi connectivity index (χ2v) is 4.39. The van der Waals surface area contributed by atoms with Gasteiger partial charge in [0.1, 0.15) is 0 Å². The third-order valence-electron chi connectivity index (χ3n) is 3.43. The molecule has 1 aliphatic rings. The molecule has 0 radical (unpaired) electrons. The zero-order valence-electron chi connectivity index (χ0n) is 9.79. The Bertz CT molecular complexity index is 313. The topological polar surface area (TPSA) is 29.9 Å². The normalized spacial score (nSPS) is 17.5. The van der Waals surface area contributed by atoms with Crippen molar-refractivity contribution in [3.8, 4) is 0 Å². The Hall–Kier alpha value is -0.830. The maximum atomic E-state index is 4.51. The number of hydrogen-bond donors (Lipinski definition) is 1. The predicted octanol–water partition coefficient (Wildman–Crippen LogP) is 1.76. The van der Waals surface area contributed by atoms with Gasteiger partial charge in [-0.25, -0.2) is 4.98 Å². The minimum Gasteiger partial charge on any atom is -0.333 e. The van der Waals surface area contributed by atoms with Crippen LogP contribution in [0.5, 0.6) is 0 Å². The van der Waals surface area contributed by atoms with Crippen molar-refractivity contribution in [3.63, 3.8) is 0 Å². The largest absolute Gasteiger partial charge is 0.333 e. The lowest BCUT2D eigenvalue weighted by Gasteiger charge is -2.18. The fourth-order valence-electron chi connectivity index (χ4n) is 2.35. The molecule has 1 heterocycles. The summed E-state index contributed by atoms with van der Waals surface area (Å²) in [5.41, 5.74) is 2.82. The number of aromatic nitrogens is 2. The molecule has 0 saturated heterocycles. The summed E-state index contributed by atoms with van der Waals surface area (Å²) >= 11 is 0. The van der Waals surface area contributed by atoms with E-state index in [2.05, 4.69) is 21.8 Å². The van der Waals surface area contributed by atoms with E-state index in [0.717, 1.165) is 6.54 Å². The molecule has 0 aliphatic heterocycles. The van der Waals surface area contributed by atoms with Crippen molar-refractivity contribution < 1.29 is 0 Å². The molecular formula is C12H21N3. The molecule has 0 aromatic carbocycles. The molecular weight excluding hydrogens is 186 g/mol. The molecule has 1 aromatic heterocycles. The number of imidazole rings is 1. The number of rotatable bonds is 4. The maximum Gasteiger partial charge on any atom is 0.0952 e. The standard InChI is InChI=1S/C12H21N3/c1-3-10(13-2)8-15-9-14-11-6-4-5-7-12(11)15/h9-10,13H,3-8H2,1-2H3. The van der Waals surface area contributed by atoms with E-state index >= 15 is 0 Å². The van der Waals surface area contributed by atoms with Crippen LogP contribution in [0.4, 0.5) is 0 Å². The molecule has 1 aromatic rings. The molecule has 1 atom stereocenters. The van der Waals surface area contributed by atoms with Gasteiger partial charge in [0.2, 0.25) is 0 Å². The van der Waals surface area contributed by atoms with Gasteiger partial charge < -0.3 is 9.88 Å². The van der Waals surface area contributed by atoms with Gasteiger partial charge in [-0.3, -0.25) is 0 Å². The van der Waals surface area contributed by atoms with E-state index in [1.54, 1.807) is 0 Å². The fraction of sp³-hybridized carbons (Fsp3) is 0.750. The van der Waals surface area contributed by atoms with Crippen molar-refractivity contribution in [2.24, 2.45) is 0 Å². The Labute approximate surface area is 91.9 Å². The van der Waals surface area contributed by atoms with Gasteiger partial charge in [-0.15, -0.1) is 0 Å². The van der Waals surface area contributed by atoms with E-state index in [-0.39, 0.29) is 0 Å². The summed E-state index contributed by atoms with van der Waals surface area (Å²) in [6.45, 7) is 3.29. The monoisotopic (exact) mass is 207 g/mol. The van der Waals surface area contributed by atoms with E-state index in [1.165, 1.54) is 43.5 Å². The Morgan fingerprint density at radius 3 is 3.00 bits per heavy atom. The first-order valence-corrected chi connectivity index (χ1v) is 6.05. The summed E-state index contributed by atoms with van der Waals surface area (Å²) in [6, 6.07) is 0.574. The van der Waals surface area contributed by atoms with Crippen molar-refractivity contribution in [1.29, 1.82) is 0 Å². The van der Waals surface area contributed by atoms with E-state index in [4.69, 9.17) is 0 Å². The lowest BCUT2D eigenvalue weighted by Crippen LogP contribution is -2.30. The van der Waals surface area contributed by atoms with Crippen LogP contribution in [0.2, 0.25) is 0 Å². The van der Waals surface area contributed by atoms with Gasteiger partial charge >= 0.3 is 0 Å². The average Bonchev–Trinajstić information content (AvgIpc) is 2.69. The zero-order valence-corrected chi connectivity index (χ0v) is 9.79. The summed E-state index contributed by atoms with van der Waals surface area (Å²) in [6.07, 6.45) is 8.23. The van der Waals surface area contributed by atoms with Gasteiger partial charge in [0.05, 0.1) is 12.0 Å². The van der Waals surface area contributed by atoms with Crippen molar-refractivity contribution in [2.75, 3.05) is 7.05 Å². The van der Waals surface area contributed by atoms with Crippen molar-refractivity contribution in [1.82, 2.24) is 14.9 Å². The second kappa shape index (κ2) is 4.79. The minimum absolute atomic E-state index is 0.574. The summed E-state index contributed by atoms with van der Waals surface area (Å²) in [4.78, 5) is 4.51. The Morgan fingerprint density at radius 1 is 1.47 bits per heavy atom. The van der Waals surface area contributed by atoms with Crippen LogP contribution in [-0.4, -0.2) is 22.6 Å². The molecule has 84 valence electrons. The lowest BCUT2D eigenvalue weighted by atomic mass is 10.0. The Morgan fingerprint density at radius 2 is 2.27 bits per heavy atom. The molecule has 0 bridgehead atoms. The van der Waals surface area contributed by atoms with E-state index in [0.29, 0.717) is 6.04 Å². The van der Waals surface area contributed by atoms with Crippen LogP contribution in [-0.2, 0) is 19.4 Å². The van der Waals surface area contributed by atoms with Gasteiger partial charge in [-0.2, -0.15) is 0 Å². The third-order valence-corrected chi connectivity index (χ3v) is 3.43. The summed E-state index contributed by atoms with van der Waals surface area (Å²) in [5, 5.41) is 3.35. The number of likely N-dealkylation sites (N-methyl/N-ethyl adjacent to an activating group) is 1. The molecule has 0 amide bonds. The number of fused-ring (bicyclic) bond motifs is 1. The highest BCUT2D eigenvalue weighted by Crippen LogP contribution is 2.20. The highest BCUT2D eigenvalue weighted by molar-refractivity contribution is 5.16. The average molecular weight is 207 g/mol. The second-order valence-electron chi connectivity index (χ2n) is 4.39. The number of aryl methyl sites for hydroxylation is 1. The molecule has 0 fully saturated rings. The van der Waals surface area contributed by atoms with Crippen LogP contribution < -0.4 is 5.32 Å². The number of nitrogens with one attached hydrogen (secondary N) is 1. The molecule has 0 saturated carbocycles. The van der Waals surface area contributed by atoms with E-state index < -0.39 is 0 Å². The van der Waals surface area contributed by atoms with Crippen LogP contribution in [0, 0.1) is 0 Å². The molecule has 1 N–H and O–H groups in total. The van der Waals surface area contributed by atoms with E-state index in [1.807, 2.05) is 13.4 Å². The summed E-state index contributed by atoms with van der Waals surface area (Å²) < 4.78 is 2.35. The Balaban J connectivity index is 2.11. The molecule has 2 rings (SSSR count). The Kier molecular flexibility index (Phi) is 3.41. The van der Waals surface area contributed by atoms with Crippen molar-refractivity contribution >= 4 is 0 Å². The maximum absolute atomic E-state index is 4.51. The van der Waals surface area contributed by atoms with Gasteiger partial charge in [0.25, 0.3) is 0 Å². The van der Waals surface area contributed by atoms with Gasteiger partial charge in [0.15, 0.2) is 0 Å². The molecule has 1 aliphatic carbocycles. The molecule has 3 nitrogen and oxygen atoms in total. The highest BCUT2D eigenvalue weighted by atomic mass is 15.1. The minimum atomic E-state index is 0.574. The number of hydrogen-bond acceptors (Lipinski definition) is 2. The van der Waals surface area contributed by atoms with E-state index in [9.17, 15) is 0 Å². The number of nitrogens with zero attached hydrogens (tertiary/aromatic N) is 2. The first kappa shape index (κ1) is 10.7. The predicted molar refractivity (Wildman–Crippen MR) is 62.0 cm³/mol. The quantitative estimate of drug-likeness (QED) is 0.815. The molecule has 0 spiro atoms. The zero-order chi connectivity index (χ0) is 10.7. The first-order chi connectivity index (χ1) is 7.35. The van der Waals surface area contributed by atoms with Gasteiger partial charge in [-0.05, 0) is 39.2 Å².